The van der Waals surface area contributed by atoms with Crippen LogP contribution >= 0.6 is 0 Å². The second-order valence-electron chi connectivity index (χ2n) is 5.49. The molecule has 0 aliphatic carbocycles. The molecule has 0 bridgehead atoms. The number of carbonyl (C=O) groups excluding carboxylic acids is 1. The molecule has 1 fully saturated rings. The monoisotopic (exact) mass is 312 g/mol. The van der Waals surface area contributed by atoms with Crippen molar-refractivity contribution in [3.8, 4) is 0 Å². The minimum Gasteiger partial charge on any atom is -0.373 e. The molecule has 0 spiro atoms. The van der Waals surface area contributed by atoms with E-state index in [1.807, 2.05) is 0 Å². The van der Waals surface area contributed by atoms with Gasteiger partial charge in [-0.25, -0.2) is 15.0 Å². The van der Waals surface area contributed by atoms with Crippen molar-refractivity contribution in [3.63, 3.8) is 0 Å². The molecule has 1 saturated heterocycles. The second kappa shape index (κ2) is 7.04. The van der Waals surface area contributed by atoms with E-state index in [0.717, 1.165) is 25.9 Å². The normalized spacial score (nSPS) is 17.6. The first-order valence-corrected chi connectivity index (χ1v) is 7.73. The van der Waals surface area contributed by atoms with Crippen molar-refractivity contribution in [2.45, 2.75) is 18.9 Å². The SMILES string of the molecule is CNc1cc(C(=O)NC2CCCN(c3ncccn3)C2)ccn1. The maximum Gasteiger partial charge on any atom is 0.251 e. The van der Waals surface area contributed by atoms with Crippen LogP contribution in [0.15, 0.2) is 36.8 Å². The van der Waals surface area contributed by atoms with E-state index in [1.165, 1.54) is 0 Å². The molecule has 23 heavy (non-hydrogen) atoms. The predicted molar refractivity (Wildman–Crippen MR) is 88.5 cm³/mol. The molecule has 1 amide bonds. The number of nitrogens with zero attached hydrogens (tertiary/aromatic N) is 4. The summed E-state index contributed by atoms with van der Waals surface area (Å²) in [5.41, 5.74) is 0.609. The zero-order valence-corrected chi connectivity index (χ0v) is 13.1. The Morgan fingerprint density at radius 1 is 1.26 bits per heavy atom. The van der Waals surface area contributed by atoms with Crippen molar-refractivity contribution in [3.05, 3.63) is 42.4 Å². The van der Waals surface area contributed by atoms with Crippen molar-refractivity contribution in [2.75, 3.05) is 30.4 Å². The van der Waals surface area contributed by atoms with E-state index in [4.69, 9.17) is 0 Å². The number of rotatable bonds is 4. The molecule has 3 rings (SSSR count). The van der Waals surface area contributed by atoms with Crippen LogP contribution in [0.5, 0.6) is 0 Å². The van der Waals surface area contributed by atoms with Gasteiger partial charge in [-0.05, 0) is 31.0 Å². The number of nitrogens with one attached hydrogen (secondary N) is 2. The van der Waals surface area contributed by atoms with Gasteiger partial charge in [0.15, 0.2) is 0 Å². The van der Waals surface area contributed by atoms with Gasteiger partial charge in [0.1, 0.15) is 5.82 Å². The Bertz CT molecular complexity index is 663. The first kappa shape index (κ1) is 15.2. The van der Waals surface area contributed by atoms with Gasteiger partial charge in [-0.15, -0.1) is 0 Å². The summed E-state index contributed by atoms with van der Waals surface area (Å²) in [6, 6.07) is 5.36. The highest BCUT2D eigenvalue weighted by molar-refractivity contribution is 5.95. The quantitative estimate of drug-likeness (QED) is 0.886. The highest BCUT2D eigenvalue weighted by atomic mass is 16.1. The van der Waals surface area contributed by atoms with Crippen LogP contribution in [0.4, 0.5) is 11.8 Å². The maximum atomic E-state index is 12.4. The minimum atomic E-state index is -0.0790. The molecule has 3 heterocycles. The second-order valence-corrected chi connectivity index (χ2v) is 5.49. The van der Waals surface area contributed by atoms with E-state index in [-0.39, 0.29) is 11.9 Å². The van der Waals surface area contributed by atoms with Crippen LogP contribution in [0.25, 0.3) is 0 Å². The Balaban J connectivity index is 1.64. The van der Waals surface area contributed by atoms with E-state index in [9.17, 15) is 4.79 Å². The number of piperidine rings is 1. The summed E-state index contributed by atoms with van der Waals surface area (Å²) in [6.07, 6.45) is 7.06. The van der Waals surface area contributed by atoms with Gasteiger partial charge in [0.2, 0.25) is 5.95 Å². The lowest BCUT2D eigenvalue weighted by molar-refractivity contribution is 0.0933. The summed E-state index contributed by atoms with van der Waals surface area (Å²) in [5, 5.41) is 6.03. The molecular formula is C16H20N6O. The third-order valence-electron chi connectivity index (χ3n) is 3.87. The molecule has 1 atom stereocenters. The van der Waals surface area contributed by atoms with Gasteiger partial charge < -0.3 is 15.5 Å². The van der Waals surface area contributed by atoms with Gasteiger partial charge >= 0.3 is 0 Å². The molecule has 0 saturated carbocycles. The van der Waals surface area contributed by atoms with Gasteiger partial charge in [-0.3, -0.25) is 4.79 Å². The number of hydrogen-bond donors (Lipinski definition) is 2. The van der Waals surface area contributed by atoms with Crippen LogP contribution in [0, 0.1) is 0 Å². The van der Waals surface area contributed by atoms with E-state index in [1.54, 1.807) is 43.8 Å². The summed E-state index contributed by atoms with van der Waals surface area (Å²) in [7, 11) is 1.78. The highest BCUT2D eigenvalue weighted by Gasteiger charge is 2.23. The number of amides is 1. The van der Waals surface area contributed by atoms with Crippen LogP contribution in [-0.4, -0.2) is 47.0 Å². The van der Waals surface area contributed by atoms with Crippen LogP contribution in [0.2, 0.25) is 0 Å². The average molecular weight is 312 g/mol. The number of aromatic nitrogens is 3. The van der Waals surface area contributed by atoms with Gasteiger partial charge in [-0.2, -0.15) is 0 Å². The first-order chi connectivity index (χ1) is 11.3. The van der Waals surface area contributed by atoms with Crippen LogP contribution in [0.3, 0.4) is 0 Å². The van der Waals surface area contributed by atoms with Crippen LogP contribution in [-0.2, 0) is 0 Å². The number of anilines is 2. The van der Waals surface area contributed by atoms with E-state index in [0.29, 0.717) is 17.3 Å². The standard InChI is InChI=1S/C16H20N6O/c1-17-14-10-12(5-8-18-14)15(23)21-13-4-2-9-22(11-13)16-19-6-3-7-20-16/h3,5-8,10,13H,2,4,9,11H2,1H3,(H,17,18)(H,21,23). The molecule has 2 aromatic rings. The van der Waals surface area contributed by atoms with Gasteiger partial charge in [-0.1, -0.05) is 0 Å². The number of hydrogen-bond acceptors (Lipinski definition) is 6. The fourth-order valence-corrected chi connectivity index (χ4v) is 2.71. The Morgan fingerprint density at radius 3 is 2.87 bits per heavy atom. The number of carbonyl (C=O) groups is 1. The molecule has 120 valence electrons. The molecule has 0 radical (unpaired) electrons. The largest absolute Gasteiger partial charge is 0.373 e. The van der Waals surface area contributed by atoms with E-state index >= 15 is 0 Å². The van der Waals surface area contributed by atoms with Gasteiger partial charge in [0.25, 0.3) is 5.91 Å². The van der Waals surface area contributed by atoms with Crippen molar-refractivity contribution in [1.82, 2.24) is 20.3 Å². The first-order valence-electron chi connectivity index (χ1n) is 7.73. The molecule has 2 aromatic heterocycles. The van der Waals surface area contributed by atoms with Crippen molar-refractivity contribution in [1.29, 1.82) is 0 Å². The lowest BCUT2D eigenvalue weighted by Crippen LogP contribution is -2.48. The van der Waals surface area contributed by atoms with E-state index < -0.39 is 0 Å². The third-order valence-corrected chi connectivity index (χ3v) is 3.87. The average Bonchev–Trinajstić information content (AvgIpc) is 2.63. The Labute approximate surface area is 135 Å². The maximum absolute atomic E-state index is 12.4. The smallest absolute Gasteiger partial charge is 0.251 e. The Morgan fingerprint density at radius 2 is 2.09 bits per heavy atom. The summed E-state index contributed by atoms with van der Waals surface area (Å²) in [4.78, 5) is 27.2. The zero-order chi connectivity index (χ0) is 16.1. The minimum absolute atomic E-state index is 0.0790. The molecule has 7 nitrogen and oxygen atoms in total. The highest BCUT2D eigenvalue weighted by Crippen LogP contribution is 2.16. The van der Waals surface area contributed by atoms with Crippen molar-refractivity contribution < 1.29 is 4.79 Å². The van der Waals surface area contributed by atoms with Crippen LogP contribution < -0.4 is 15.5 Å². The van der Waals surface area contributed by atoms with Crippen LogP contribution in [0.1, 0.15) is 23.2 Å². The van der Waals surface area contributed by atoms with Crippen molar-refractivity contribution >= 4 is 17.7 Å². The van der Waals surface area contributed by atoms with Gasteiger partial charge in [0.05, 0.1) is 0 Å². The molecular weight excluding hydrogens is 292 g/mol. The third kappa shape index (κ3) is 3.74. The zero-order valence-electron chi connectivity index (χ0n) is 13.1. The summed E-state index contributed by atoms with van der Waals surface area (Å²) in [6.45, 7) is 1.63. The lowest BCUT2D eigenvalue weighted by Gasteiger charge is -2.33. The fraction of sp³-hybridized carbons (Fsp3) is 0.375. The van der Waals surface area contributed by atoms with E-state index in [2.05, 4.69) is 30.5 Å². The Hall–Kier alpha value is -2.70. The summed E-state index contributed by atoms with van der Waals surface area (Å²) < 4.78 is 0. The molecule has 7 heteroatoms. The fourth-order valence-electron chi connectivity index (χ4n) is 2.71. The molecule has 1 aliphatic rings. The topological polar surface area (TPSA) is 83.0 Å². The number of pyridine rings is 1. The van der Waals surface area contributed by atoms with Crippen molar-refractivity contribution in [2.24, 2.45) is 0 Å². The summed E-state index contributed by atoms with van der Waals surface area (Å²) in [5.74, 6) is 1.32. The lowest BCUT2D eigenvalue weighted by atomic mass is 10.1. The molecule has 1 aliphatic heterocycles. The Kier molecular flexibility index (Phi) is 4.65. The molecule has 2 N–H and O–H groups in total. The summed E-state index contributed by atoms with van der Waals surface area (Å²) >= 11 is 0. The van der Waals surface area contributed by atoms with Gasteiger partial charge in [0, 0.05) is 50.3 Å². The molecule has 0 aromatic carbocycles. The molecule has 1 unspecified atom stereocenters. The predicted octanol–water partition coefficient (Wildman–Crippen LogP) is 1.31.